The molecular formula is C20H18N2O4S. The summed E-state index contributed by atoms with van der Waals surface area (Å²) in [4.78, 5) is 12.2. The van der Waals surface area contributed by atoms with Crippen LogP contribution in [0.25, 0.3) is 0 Å². The van der Waals surface area contributed by atoms with E-state index in [9.17, 15) is 13.2 Å². The number of carbonyl (C=O) groups excluding carboxylic acids is 1. The summed E-state index contributed by atoms with van der Waals surface area (Å²) in [6.07, 6.45) is 0. The van der Waals surface area contributed by atoms with Crippen LogP contribution < -0.4 is 14.8 Å². The highest BCUT2D eigenvalue weighted by atomic mass is 32.2. The van der Waals surface area contributed by atoms with Crippen LogP contribution in [0.1, 0.15) is 5.56 Å². The summed E-state index contributed by atoms with van der Waals surface area (Å²) < 4.78 is 32.4. The van der Waals surface area contributed by atoms with Crippen LogP contribution in [0.15, 0.2) is 83.8 Å². The number of anilines is 1. The van der Waals surface area contributed by atoms with Gasteiger partial charge in [-0.2, -0.15) is 0 Å². The Hall–Kier alpha value is -3.32. The van der Waals surface area contributed by atoms with E-state index in [1.165, 1.54) is 12.1 Å². The summed E-state index contributed by atoms with van der Waals surface area (Å²) in [5.74, 6) is 0.992. The Balaban J connectivity index is 1.74. The summed E-state index contributed by atoms with van der Waals surface area (Å²) in [6.45, 7) is 1.85. The number of carbonyl (C=O) groups is 1. The molecule has 2 N–H and O–H groups in total. The zero-order chi connectivity index (χ0) is 19.3. The van der Waals surface area contributed by atoms with Gasteiger partial charge in [-0.25, -0.2) is 17.9 Å². The summed E-state index contributed by atoms with van der Waals surface area (Å²) in [6, 6.07) is 21.2. The first kappa shape index (κ1) is 18.5. The normalized spacial score (nSPS) is 10.9. The number of ether oxygens (including phenoxy) is 1. The summed E-state index contributed by atoms with van der Waals surface area (Å²) in [5, 5.41) is 2.51. The molecule has 0 radical (unpaired) electrons. The SMILES string of the molecule is Cc1ccc(S(=O)(=O)NC(=O)Nc2ccccc2Oc2ccccc2)cc1. The maximum absolute atomic E-state index is 12.3. The van der Waals surface area contributed by atoms with Crippen LogP contribution in [0.2, 0.25) is 0 Å². The van der Waals surface area contributed by atoms with E-state index >= 15 is 0 Å². The van der Waals surface area contributed by atoms with Crippen molar-refractivity contribution in [1.82, 2.24) is 4.72 Å². The molecule has 0 fully saturated rings. The lowest BCUT2D eigenvalue weighted by molar-refractivity contribution is 0.256. The van der Waals surface area contributed by atoms with E-state index in [0.717, 1.165) is 5.56 Å². The van der Waals surface area contributed by atoms with Crippen molar-refractivity contribution < 1.29 is 17.9 Å². The minimum atomic E-state index is -3.97. The van der Waals surface area contributed by atoms with Gasteiger partial charge >= 0.3 is 6.03 Å². The number of aryl methyl sites for hydroxylation is 1. The highest BCUT2D eigenvalue weighted by Crippen LogP contribution is 2.29. The molecule has 0 aliphatic carbocycles. The fraction of sp³-hybridized carbons (Fsp3) is 0.0500. The van der Waals surface area contributed by atoms with E-state index in [-0.39, 0.29) is 4.90 Å². The number of amides is 2. The molecule has 0 heterocycles. The zero-order valence-corrected chi connectivity index (χ0v) is 15.4. The van der Waals surface area contributed by atoms with E-state index in [1.54, 1.807) is 48.5 Å². The van der Waals surface area contributed by atoms with Gasteiger partial charge in [0.05, 0.1) is 10.6 Å². The Morgan fingerprint density at radius 2 is 1.48 bits per heavy atom. The topological polar surface area (TPSA) is 84.5 Å². The number of rotatable bonds is 5. The van der Waals surface area contributed by atoms with Crippen molar-refractivity contribution in [2.75, 3.05) is 5.32 Å². The number of urea groups is 1. The van der Waals surface area contributed by atoms with Crippen LogP contribution in [0, 0.1) is 6.92 Å². The average Bonchev–Trinajstić information content (AvgIpc) is 2.64. The third kappa shape index (κ3) is 4.86. The predicted molar refractivity (Wildman–Crippen MR) is 103 cm³/mol. The fourth-order valence-electron chi connectivity index (χ4n) is 2.32. The fourth-order valence-corrected chi connectivity index (χ4v) is 3.23. The molecule has 3 rings (SSSR count). The average molecular weight is 382 g/mol. The third-order valence-corrected chi connectivity index (χ3v) is 5.01. The van der Waals surface area contributed by atoms with Crippen molar-refractivity contribution in [2.24, 2.45) is 0 Å². The Morgan fingerprint density at radius 1 is 0.852 bits per heavy atom. The minimum Gasteiger partial charge on any atom is -0.455 e. The van der Waals surface area contributed by atoms with Gasteiger partial charge in [0.15, 0.2) is 5.75 Å². The van der Waals surface area contributed by atoms with Gasteiger partial charge in [0, 0.05) is 0 Å². The van der Waals surface area contributed by atoms with Crippen LogP contribution in [0.4, 0.5) is 10.5 Å². The number of benzene rings is 3. The number of sulfonamides is 1. The van der Waals surface area contributed by atoms with E-state index in [1.807, 2.05) is 29.8 Å². The number of hydrogen-bond acceptors (Lipinski definition) is 4. The lowest BCUT2D eigenvalue weighted by atomic mass is 10.2. The largest absolute Gasteiger partial charge is 0.455 e. The third-order valence-electron chi connectivity index (χ3n) is 3.66. The Labute approximate surface area is 157 Å². The first-order valence-electron chi connectivity index (χ1n) is 8.16. The highest BCUT2D eigenvalue weighted by molar-refractivity contribution is 7.90. The van der Waals surface area contributed by atoms with Gasteiger partial charge in [0.2, 0.25) is 0 Å². The van der Waals surface area contributed by atoms with Crippen LogP contribution in [-0.2, 0) is 10.0 Å². The molecule has 27 heavy (non-hydrogen) atoms. The molecule has 0 aromatic heterocycles. The monoisotopic (exact) mass is 382 g/mol. The van der Waals surface area contributed by atoms with Crippen molar-refractivity contribution in [3.05, 3.63) is 84.4 Å². The molecular weight excluding hydrogens is 364 g/mol. The molecule has 3 aromatic rings. The number of nitrogens with one attached hydrogen (secondary N) is 2. The van der Waals surface area contributed by atoms with Gasteiger partial charge in [-0.05, 0) is 43.3 Å². The minimum absolute atomic E-state index is 0.0112. The molecule has 0 bridgehead atoms. The van der Waals surface area contributed by atoms with Gasteiger partial charge in [-0.15, -0.1) is 0 Å². The molecule has 6 nitrogen and oxygen atoms in total. The van der Waals surface area contributed by atoms with Gasteiger partial charge in [0.25, 0.3) is 10.0 Å². The molecule has 0 spiro atoms. The lowest BCUT2D eigenvalue weighted by Crippen LogP contribution is -2.34. The second-order valence-corrected chi connectivity index (χ2v) is 7.47. The quantitative estimate of drug-likeness (QED) is 0.689. The standard InChI is InChI=1S/C20H18N2O4S/c1-15-11-13-17(14-12-15)27(24,25)22-20(23)21-18-9-5-6-10-19(18)26-16-7-3-2-4-8-16/h2-14H,1H3,(H2,21,22,23). The van der Waals surface area contributed by atoms with E-state index < -0.39 is 16.1 Å². The smallest absolute Gasteiger partial charge is 0.333 e. The predicted octanol–water partition coefficient (Wildman–Crippen LogP) is 4.30. The van der Waals surface area contributed by atoms with E-state index in [0.29, 0.717) is 17.2 Å². The Morgan fingerprint density at radius 3 is 2.19 bits per heavy atom. The van der Waals surface area contributed by atoms with Gasteiger partial charge in [-0.1, -0.05) is 48.0 Å². The molecule has 3 aromatic carbocycles. The molecule has 0 aliphatic heterocycles. The van der Waals surface area contributed by atoms with Crippen LogP contribution >= 0.6 is 0 Å². The highest BCUT2D eigenvalue weighted by Gasteiger charge is 2.18. The number of para-hydroxylation sites is 3. The van der Waals surface area contributed by atoms with Crippen LogP contribution in [-0.4, -0.2) is 14.4 Å². The molecule has 7 heteroatoms. The van der Waals surface area contributed by atoms with Gasteiger partial charge < -0.3 is 10.1 Å². The maximum atomic E-state index is 12.3. The molecule has 0 atom stereocenters. The van der Waals surface area contributed by atoms with Crippen molar-refractivity contribution in [3.8, 4) is 11.5 Å². The van der Waals surface area contributed by atoms with Crippen molar-refractivity contribution in [1.29, 1.82) is 0 Å². The Bertz CT molecular complexity index is 1030. The Kier molecular flexibility index (Phi) is 5.42. The maximum Gasteiger partial charge on any atom is 0.333 e. The zero-order valence-electron chi connectivity index (χ0n) is 14.5. The lowest BCUT2D eigenvalue weighted by Gasteiger charge is -2.13. The summed E-state index contributed by atoms with van der Waals surface area (Å²) in [7, 11) is -3.97. The molecule has 0 unspecified atom stereocenters. The van der Waals surface area contributed by atoms with E-state index in [4.69, 9.17) is 4.74 Å². The van der Waals surface area contributed by atoms with E-state index in [2.05, 4.69) is 5.32 Å². The molecule has 0 saturated heterocycles. The second kappa shape index (κ2) is 7.92. The van der Waals surface area contributed by atoms with Crippen molar-refractivity contribution in [2.45, 2.75) is 11.8 Å². The second-order valence-electron chi connectivity index (χ2n) is 5.78. The molecule has 138 valence electrons. The number of hydrogen-bond donors (Lipinski definition) is 2. The summed E-state index contributed by atoms with van der Waals surface area (Å²) in [5.41, 5.74) is 1.27. The van der Waals surface area contributed by atoms with Gasteiger partial charge in [0.1, 0.15) is 5.75 Å². The first-order chi connectivity index (χ1) is 12.9. The van der Waals surface area contributed by atoms with Crippen LogP contribution in [0.5, 0.6) is 11.5 Å². The summed E-state index contributed by atoms with van der Waals surface area (Å²) >= 11 is 0. The van der Waals surface area contributed by atoms with Crippen molar-refractivity contribution >= 4 is 21.7 Å². The molecule has 0 saturated carbocycles. The van der Waals surface area contributed by atoms with Gasteiger partial charge in [-0.3, -0.25) is 0 Å². The van der Waals surface area contributed by atoms with Crippen LogP contribution in [0.3, 0.4) is 0 Å². The molecule has 0 aliphatic rings. The molecule has 2 amide bonds. The first-order valence-corrected chi connectivity index (χ1v) is 9.65. The van der Waals surface area contributed by atoms with Crippen molar-refractivity contribution in [3.63, 3.8) is 0 Å².